The van der Waals surface area contributed by atoms with E-state index >= 15 is 0 Å². The highest BCUT2D eigenvalue weighted by Crippen LogP contribution is 2.24. The summed E-state index contributed by atoms with van der Waals surface area (Å²) in [5.41, 5.74) is 1.29. The molecule has 1 aromatic heterocycles. The molecule has 2 aromatic rings. The highest BCUT2D eigenvalue weighted by atomic mass is 79.9. The third-order valence-corrected chi connectivity index (χ3v) is 2.57. The van der Waals surface area contributed by atoms with Gasteiger partial charge in [-0.2, -0.15) is 0 Å². The summed E-state index contributed by atoms with van der Waals surface area (Å²) >= 11 is 3.28. The SMILES string of the molecule is Cn1c(C(F)F)nc2ccc(Br)cc21. The molecule has 1 aromatic carbocycles. The van der Waals surface area contributed by atoms with Crippen molar-refractivity contribution in [3.63, 3.8) is 0 Å². The molecule has 0 saturated heterocycles. The molecule has 5 heteroatoms. The largest absolute Gasteiger partial charge is 0.326 e. The van der Waals surface area contributed by atoms with E-state index in [4.69, 9.17) is 0 Å². The van der Waals surface area contributed by atoms with Gasteiger partial charge in [0.2, 0.25) is 0 Å². The van der Waals surface area contributed by atoms with Crippen molar-refractivity contribution < 1.29 is 8.78 Å². The molecule has 0 aliphatic rings. The van der Waals surface area contributed by atoms with Gasteiger partial charge in [-0.3, -0.25) is 0 Å². The van der Waals surface area contributed by atoms with Gasteiger partial charge in [0.25, 0.3) is 6.43 Å². The Bertz CT molecular complexity index is 479. The van der Waals surface area contributed by atoms with Crippen LogP contribution in [0.1, 0.15) is 12.2 Å². The molecule has 0 spiro atoms. The minimum atomic E-state index is -2.54. The first kappa shape index (κ1) is 9.58. The summed E-state index contributed by atoms with van der Waals surface area (Å²) in [5, 5.41) is 0. The Labute approximate surface area is 87.7 Å². The molecule has 1 heterocycles. The average Bonchev–Trinajstić information content (AvgIpc) is 2.44. The maximum Gasteiger partial charge on any atom is 0.295 e. The van der Waals surface area contributed by atoms with Crippen molar-refractivity contribution in [2.75, 3.05) is 0 Å². The van der Waals surface area contributed by atoms with Crippen LogP contribution in [0.15, 0.2) is 22.7 Å². The van der Waals surface area contributed by atoms with Crippen LogP contribution in [0, 0.1) is 0 Å². The molecule has 2 rings (SSSR count). The van der Waals surface area contributed by atoms with Gasteiger partial charge in [-0.05, 0) is 18.2 Å². The van der Waals surface area contributed by atoms with Crippen molar-refractivity contribution in [1.82, 2.24) is 9.55 Å². The van der Waals surface area contributed by atoms with Crippen LogP contribution >= 0.6 is 15.9 Å². The van der Waals surface area contributed by atoms with Crippen molar-refractivity contribution >= 4 is 27.0 Å². The number of halogens is 3. The summed E-state index contributed by atoms with van der Waals surface area (Å²) < 4.78 is 27.2. The third-order valence-electron chi connectivity index (χ3n) is 2.07. The summed E-state index contributed by atoms with van der Waals surface area (Å²) in [6.45, 7) is 0. The predicted molar refractivity (Wildman–Crippen MR) is 53.4 cm³/mol. The summed E-state index contributed by atoms with van der Waals surface area (Å²) in [7, 11) is 1.59. The molecule has 0 radical (unpaired) electrons. The van der Waals surface area contributed by atoms with Crippen molar-refractivity contribution in [2.24, 2.45) is 7.05 Å². The number of hydrogen-bond donors (Lipinski definition) is 0. The van der Waals surface area contributed by atoms with Crippen LogP contribution < -0.4 is 0 Å². The van der Waals surface area contributed by atoms with Crippen molar-refractivity contribution in [3.05, 3.63) is 28.5 Å². The first-order valence-electron chi connectivity index (χ1n) is 3.99. The molecule has 0 amide bonds. The van der Waals surface area contributed by atoms with E-state index in [0.717, 1.165) is 4.47 Å². The fraction of sp³-hybridized carbons (Fsp3) is 0.222. The van der Waals surface area contributed by atoms with Crippen molar-refractivity contribution in [2.45, 2.75) is 6.43 Å². The summed E-state index contributed by atoms with van der Waals surface area (Å²) in [4.78, 5) is 3.84. The number of alkyl halides is 2. The van der Waals surface area contributed by atoms with Gasteiger partial charge >= 0.3 is 0 Å². The Morgan fingerprint density at radius 2 is 2.14 bits per heavy atom. The van der Waals surface area contributed by atoms with E-state index in [1.54, 1.807) is 25.2 Å². The second-order valence-corrected chi connectivity index (χ2v) is 3.88. The molecule has 0 saturated carbocycles. The van der Waals surface area contributed by atoms with Gasteiger partial charge in [-0.1, -0.05) is 15.9 Å². The molecule has 0 bridgehead atoms. The lowest BCUT2D eigenvalue weighted by Gasteiger charge is -1.99. The van der Waals surface area contributed by atoms with Gasteiger partial charge in [-0.15, -0.1) is 0 Å². The molecule has 0 atom stereocenters. The van der Waals surface area contributed by atoms with Gasteiger partial charge in [-0.25, -0.2) is 13.8 Å². The number of fused-ring (bicyclic) bond motifs is 1. The van der Waals surface area contributed by atoms with Crippen molar-refractivity contribution in [1.29, 1.82) is 0 Å². The molecular weight excluding hydrogens is 254 g/mol. The molecule has 0 aliphatic heterocycles. The van der Waals surface area contributed by atoms with Crippen LogP contribution in [0.4, 0.5) is 8.78 Å². The number of nitrogens with zero attached hydrogens (tertiary/aromatic N) is 2. The van der Waals surface area contributed by atoms with E-state index in [2.05, 4.69) is 20.9 Å². The summed E-state index contributed by atoms with van der Waals surface area (Å²) in [6.07, 6.45) is -2.54. The molecule has 0 N–H and O–H groups in total. The smallest absolute Gasteiger partial charge is 0.295 e. The number of aromatic nitrogens is 2. The molecule has 74 valence electrons. The number of rotatable bonds is 1. The van der Waals surface area contributed by atoms with E-state index in [-0.39, 0.29) is 5.82 Å². The van der Waals surface area contributed by atoms with Gasteiger partial charge in [0.05, 0.1) is 11.0 Å². The topological polar surface area (TPSA) is 17.8 Å². The first-order valence-corrected chi connectivity index (χ1v) is 4.79. The lowest BCUT2D eigenvalue weighted by molar-refractivity contribution is 0.137. The fourth-order valence-electron chi connectivity index (χ4n) is 1.38. The first-order chi connectivity index (χ1) is 6.59. The molecule has 0 fully saturated rings. The Morgan fingerprint density at radius 1 is 1.43 bits per heavy atom. The van der Waals surface area contributed by atoms with Crippen molar-refractivity contribution in [3.8, 4) is 0 Å². The minimum absolute atomic E-state index is 0.196. The Kier molecular flexibility index (Phi) is 2.26. The lowest BCUT2D eigenvalue weighted by Crippen LogP contribution is -1.97. The second kappa shape index (κ2) is 3.31. The van der Waals surface area contributed by atoms with E-state index in [9.17, 15) is 8.78 Å². The monoisotopic (exact) mass is 260 g/mol. The van der Waals surface area contributed by atoms with Crippen LogP contribution in [0.3, 0.4) is 0 Å². The number of aryl methyl sites for hydroxylation is 1. The van der Waals surface area contributed by atoms with Gasteiger partial charge < -0.3 is 4.57 Å². The molecule has 14 heavy (non-hydrogen) atoms. The zero-order valence-electron chi connectivity index (χ0n) is 7.34. The number of imidazole rings is 1. The number of benzene rings is 1. The molecule has 0 aliphatic carbocycles. The normalized spacial score (nSPS) is 11.5. The number of hydrogen-bond acceptors (Lipinski definition) is 1. The highest BCUT2D eigenvalue weighted by Gasteiger charge is 2.16. The molecular formula is C9H7BrF2N2. The lowest BCUT2D eigenvalue weighted by atomic mass is 10.3. The van der Waals surface area contributed by atoms with Gasteiger partial charge in [0.1, 0.15) is 0 Å². The van der Waals surface area contributed by atoms with E-state index < -0.39 is 6.43 Å². The van der Waals surface area contributed by atoms with Gasteiger partial charge in [0.15, 0.2) is 5.82 Å². The predicted octanol–water partition coefficient (Wildman–Crippen LogP) is 3.27. The Hall–Kier alpha value is -0.970. The minimum Gasteiger partial charge on any atom is -0.326 e. The van der Waals surface area contributed by atoms with Crippen LogP contribution in [-0.4, -0.2) is 9.55 Å². The molecule has 2 nitrogen and oxygen atoms in total. The Morgan fingerprint density at radius 3 is 2.79 bits per heavy atom. The van der Waals surface area contributed by atoms with Gasteiger partial charge in [0, 0.05) is 11.5 Å². The van der Waals surface area contributed by atoms with E-state index in [1.165, 1.54) is 4.57 Å². The van der Waals surface area contributed by atoms with Crippen LogP contribution in [0.5, 0.6) is 0 Å². The summed E-state index contributed by atoms with van der Waals surface area (Å²) in [5.74, 6) is -0.196. The second-order valence-electron chi connectivity index (χ2n) is 2.96. The third kappa shape index (κ3) is 1.41. The van der Waals surface area contributed by atoms with Crippen LogP contribution in [0.25, 0.3) is 11.0 Å². The van der Waals surface area contributed by atoms with Crippen LogP contribution in [-0.2, 0) is 7.05 Å². The standard InChI is InChI=1S/C9H7BrF2N2/c1-14-7-4-5(10)2-3-6(7)13-9(14)8(11)12/h2-4,8H,1H3. The molecule has 0 unspecified atom stereocenters. The maximum absolute atomic E-state index is 12.5. The maximum atomic E-state index is 12.5. The summed E-state index contributed by atoms with van der Waals surface area (Å²) in [6, 6.07) is 5.27. The van der Waals surface area contributed by atoms with E-state index in [1.807, 2.05) is 0 Å². The average molecular weight is 261 g/mol. The fourth-order valence-corrected chi connectivity index (χ4v) is 1.73. The zero-order chi connectivity index (χ0) is 10.3. The van der Waals surface area contributed by atoms with E-state index in [0.29, 0.717) is 11.0 Å². The quantitative estimate of drug-likeness (QED) is 0.770. The zero-order valence-corrected chi connectivity index (χ0v) is 8.92. The Balaban J connectivity index is 2.74. The highest BCUT2D eigenvalue weighted by molar-refractivity contribution is 9.10. The van der Waals surface area contributed by atoms with Crippen LogP contribution in [0.2, 0.25) is 0 Å².